The molecule has 0 radical (unpaired) electrons. The van der Waals surface area contributed by atoms with E-state index < -0.39 is 17.1 Å². The fraction of sp³-hybridized carbons (Fsp3) is 0.462. The molecule has 0 amide bonds. The van der Waals surface area contributed by atoms with Gasteiger partial charge in [-0.15, -0.1) is 0 Å². The maximum absolute atomic E-state index is 11.5. The van der Waals surface area contributed by atoms with E-state index in [1.807, 2.05) is 0 Å². The van der Waals surface area contributed by atoms with Crippen LogP contribution in [0.5, 0.6) is 5.75 Å². The zero-order valence-corrected chi connectivity index (χ0v) is 12.9. The molecular weight excluding hydrogens is 346 g/mol. The SMILES string of the molecule is COCCOC1C(=O)CC1Oc1cc(Br)cc([N+](=O)[O-])c1. The highest BCUT2D eigenvalue weighted by molar-refractivity contribution is 9.10. The van der Waals surface area contributed by atoms with Gasteiger partial charge >= 0.3 is 0 Å². The van der Waals surface area contributed by atoms with Crippen molar-refractivity contribution in [1.82, 2.24) is 0 Å². The number of Topliss-reactive ketones (excluding diaryl/α,β-unsaturated/α-hetero) is 1. The van der Waals surface area contributed by atoms with E-state index in [1.54, 1.807) is 13.2 Å². The number of halogens is 1. The molecule has 2 atom stereocenters. The van der Waals surface area contributed by atoms with Crippen LogP contribution in [-0.2, 0) is 14.3 Å². The van der Waals surface area contributed by atoms with E-state index in [0.29, 0.717) is 23.4 Å². The lowest BCUT2D eigenvalue weighted by atomic mass is 9.90. The highest BCUT2D eigenvalue weighted by atomic mass is 79.9. The molecule has 0 spiro atoms. The number of hydrogen-bond donors (Lipinski definition) is 0. The van der Waals surface area contributed by atoms with Gasteiger partial charge < -0.3 is 14.2 Å². The van der Waals surface area contributed by atoms with Gasteiger partial charge in [-0.2, -0.15) is 0 Å². The van der Waals surface area contributed by atoms with Crippen molar-refractivity contribution in [3.05, 3.63) is 32.8 Å². The Bertz CT molecular complexity index is 549. The number of nitro benzene ring substituents is 1. The lowest BCUT2D eigenvalue weighted by Crippen LogP contribution is -2.52. The second-order valence-electron chi connectivity index (χ2n) is 4.51. The van der Waals surface area contributed by atoms with E-state index in [4.69, 9.17) is 14.2 Å². The summed E-state index contributed by atoms with van der Waals surface area (Å²) in [7, 11) is 1.54. The Morgan fingerprint density at radius 2 is 2.14 bits per heavy atom. The minimum Gasteiger partial charge on any atom is -0.486 e. The summed E-state index contributed by atoms with van der Waals surface area (Å²) in [6, 6.07) is 4.31. The minimum atomic E-state index is -0.641. The predicted molar refractivity (Wildman–Crippen MR) is 76.5 cm³/mol. The molecule has 7 nitrogen and oxygen atoms in total. The second kappa shape index (κ2) is 6.97. The summed E-state index contributed by atoms with van der Waals surface area (Å²) < 4.78 is 16.4. The Morgan fingerprint density at radius 3 is 2.76 bits per heavy atom. The molecule has 1 aliphatic carbocycles. The fourth-order valence-electron chi connectivity index (χ4n) is 1.93. The summed E-state index contributed by atoms with van der Waals surface area (Å²) in [5.41, 5.74) is -0.0816. The number of rotatable bonds is 7. The number of benzene rings is 1. The Balaban J connectivity index is 2.01. The van der Waals surface area contributed by atoms with E-state index in [9.17, 15) is 14.9 Å². The van der Waals surface area contributed by atoms with Crippen molar-refractivity contribution >= 4 is 27.4 Å². The van der Waals surface area contributed by atoms with Gasteiger partial charge in [-0.05, 0) is 6.07 Å². The van der Waals surface area contributed by atoms with Gasteiger partial charge in [-0.3, -0.25) is 14.9 Å². The molecule has 0 N–H and O–H groups in total. The van der Waals surface area contributed by atoms with Crippen LogP contribution >= 0.6 is 15.9 Å². The smallest absolute Gasteiger partial charge is 0.274 e. The van der Waals surface area contributed by atoms with Crippen molar-refractivity contribution in [2.75, 3.05) is 20.3 Å². The van der Waals surface area contributed by atoms with Crippen molar-refractivity contribution in [2.24, 2.45) is 0 Å². The van der Waals surface area contributed by atoms with E-state index in [2.05, 4.69) is 15.9 Å². The summed E-state index contributed by atoms with van der Waals surface area (Å²) in [5, 5.41) is 10.8. The zero-order chi connectivity index (χ0) is 15.4. The first-order valence-corrected chi connectivity index (χ1v) is 7.05. The molecular formula is C13H14BrNO6. The molecule has 0 bridgehead atoms. The van der Waals surface area contributed by atoms with Gasteiger partial charge in [0.05, 0.1) is 24.2 Å². The predicted octanol–water partition coefficient (Wildman–Crippen LogP) is 2.11. The highest BCUT2D eigenvalue weighted by Crippen LogP contribution is 2.30. The van der Waals surface area contributed by atoms with Gasteiger partial charge in [0.25, 0.3) is 5.69 Å². The number of non-ortho nitro benzene ring substituents is 1. The molecule has 1 aromatic rings. The van der Waals surface area contributed by atoms with Gasteiger partial charge in [-0.25, -0.2) is 0 Å². The Labute approximate surface area is 129 Å². The molecule has 8 heteroatoms. The molecule has 1 aromatic carbocycles. The van der Waals surface area contributed by atoms with Crippen LogP contribution in [0.25, 0.3) is 0 Å². The molecule has 0 aliphatic heterocycles. The third-order valence-corrected chi connectivity index (χ3v) is 3.45. The van der Waals surface area contributed by atoms with Crippen LogP contribution in [0.1, 0.15) is 6.42 Å². The minimum absolute atomic E-state index is 0.0411. The third kappa shape index (κ3) is 3.99. The first-order valence-electron chi connectivity index (χ1n) is 6.26. The van der Waals surface area contributed by atoms with Crippen LogP contribution in [0, 0.1) is 10.1 Å². The maximum Gasteiger partial charge on any atom is 0.274 e. The Kier molecular flexibility index (Phi) is 5.27. The van der Waals surface area contributed by atoms with Crippen molar-refractivity contribution in [3.63, 3.8) is 0 Å². The molecule has 1 saturated carbocycles. The van der Waals surface area contributed by atoms with Crippen molar-refractivity contribution in [1.29, 1.82) is 0 Å². The number of nitrogens with zero attached hydrogens (tertiary/aromatic N) is 1. The summed E-state index contributed by atoms with van der Waals surface area (Å²) in [6.07, 6.45) is -0.834. The van der Waals surface area contributed by atoms with Gasteiger partial charge in [0.2, 0.25) is 0 Å². The number of ether oxygens (including phenoxy) is 3. The average molecular weight is 360 g/mol. The maximum atomic E-state index is 11.5. The second-order valence-corrected chi connectivity index (χ2v) is 5.43. The van der Waals surface area contributed by atoms with Gasteiger partial charge in [0, 0.05) is 24.1 Å². The largest absolute Gasteiger partial charge is 0.486 e. The summed E-state index contributed by atoms with van der Waals surface area (Å²) in [5.74, 6) is 0.287. The van der Waals surface area contributed by atoms with Crippen LogP contribution in [-0.4, -0.2) is 43.2 Å². The van der Waals surface area contributed by atoms with Crippen LogP contribution in [0.4, 0.5) is 5.69 Å². The van der Waals surface area contributed by atoms with Crippen molar-refractivity contribution in [2.45, 2.75) is 18.6 Å². The Morgan fingerprint density at radius 1 is 1.38 bits per heavy atom. The van der Waals surface area contributed by atoms with E-state index >= 15 is 0 Å². The number of ketones is 1. The molecule has 0 aromatic heterocycles. The summed E-state index contributed by atoms with van der Waals surface area (Å²) >= 11 is 3.19. The fourth-order valence-corrected chi connectivity index (χ4v) is 2.39. The van der Waals surface area contributed by atoms with Crippen LogP contribution < -0.4 is 4.74 Å². The van der Waals surface area contributed by atoms with E-state index in [-0.39, 0.29) is 17.9 Å². The lowest BCUT2D eigenvalue weighted by molar-refractivity contribution is -0.385. The molecule has 1 fully saturated rings. The number of methoxy groups -OCH3 is 1. The Hall–Kier alpha value is -1.51. The first-order chi connectivity index (χ1) is 10.0. The molecule has 1 aliphatic rings. The van der Waals surface area contributed by atoms with E-state index in [1.165, 1.54) is 12.1 Å². The van der Waals surface area contributed by atoms with Gasteiger partial charge in [0.1, 0.15) is 11.9 Å². The third-order valence-electron chi connectivity index (χ3n) is 3.00. The number of nitro groups is 1. The molecule has 0 heterocycles. The van der Waals surface area contributed by atoms with Crippen LogP contribution in [0.15, 0.2) is 22.7 Å². The van der Waals surface area contributed by atoms with Crippen LogP contribution in [0.3, 0.4) is 0 Å². The van der Waals surface area contributed by atoms with Crippen molar-refractivity contribution in [3.8, 4) is 5.75 Å². The van der Waals surface area contributed by atoms with Crippen LogP contribution in [0.2, 0.25) is 0 Å². The van der Waals surface area contributed by atoms with Crippen molar-refractivity contribution < 1.29 is 23.9 Å². The lowest BCUT2D eigenvalue weighted by Gasteiger charge is -2.34. The molecule has 2 unspecified atom stereocenters. The summed E-state index contributed by atoms with van der Waals surface area (Å²) in [6.45, 7) is 0.685. The molecule has 114 valence electrons. The molecule has 2 rings (SSSR count). The monoisotopic (exact) mass is 359 g/mol. The van der Waals surface area contributed by atoms with Gasteiger partial charge in [0.15, 0.2) is 11.9 Å². The zero-order valence-electron chi connectivity index (χ0n) is 11.3. The van der Waals surface area contributed by atoms with E-state index in [0.717, 1.165) is 0 Å². The standard InChI is InChI=1S/C13H14BrNO6/c1-19-2-3-20-13-11(16)7-12(13)21-10-5-8(14)4-9(6-10)15(17)18/h4-6,12-13H,2-3,7H2,1H3. The topological polar surface area (TPSA) is 87.9 Å². The average Bonchev–Trinajstić information content (AvgIpc) is 2.42. The molecule has 0 saturated heterocycles. The first kappa shape index (κ1) is 15.9. The quantitative estimate of drug-likeness (QED) is 0.420. The number of carbonyl (C=O) groups is 1. The molecule has 21 heavy (non-hydrogen) atoms. The number of carbonyl (C=O) groups excluding carboxylic acids is 1. The summed E-state index contributed by atoms with van der Waals surface area (Å²) in [4.78, 5) is 21.8. The van der Waals surface area contributed by atoms with Gasteiger partial charge in [-0.1, -0.05) is 15.9 Å². The highest BCUT2D eigenvalue weighted by Gasteiger charge is 2.42. The number of hydrogen-bond acceptors (Lipinski definition) is 6. The normalized spacial score (nSPS) is 21.0.